The van der Waals surface area contributed by atoms with Gasteiger partial charge in [0.1, 0.15) is 5.75 Å². The highest BCUT2D eigenvalue weighted by Crippen LogP contribution is 2.30. The Morgan fingerprint density at radius 1 is 0.765 bits per heavy atom. The molecule has 2 amide bonds. The molecule has 5 rings (SSSR count). The second kappa shape index (κ2) is 18.0. The summed E-state index contributed by atoms with van der Waals surface area (Å²) in [6.07, 6.45) is 5.93. The molecule has 9 nitrogen and oxygen atoms in total. The second-order valence-corrected chi connectivity index (χ2v) is 13.3. The van der Waals surface area contributed by atoms with Crippen molar-refractivity contribution < 1.29 is 33.4 Å². The summed E-state index contributed by atoms with van der Waals surface area (Å²) in [4.78, 5) is 52.3. The fourth-order valence-electron chi connectivity index (χ4n) is 5.46. The van der Waals surface area contributed by atoms with Gasteiger partial charge in [0.2, 0.25) is 0 Å². The molecule has 0 saturated carbocycles. The number of nitrogens with one attached hydrogen (secondary N) is 2. The SMILES string of the molecule is CCCCCCCOc1ccc(C(=O)Oc2ccc(CC(NC(=O)c3cccc(NC(=O)c4cc5ccccc5s4)c3)C(C)=O)cc2OC)cc1. The first-order chi connectivity index (χ1) is 24.7. The highest BCUT2D eigenvalue weighted by Gasteiger charge is 2.21. The number of thiophene rings is 1. The number of Topliss-reactive ketones (excluding diaryl/α,β-unsaturated/α-hetero) is 1. The molecular formula is C41H42N2O7S. The molecule has 0 aliphatic carbocycles. The number of esters is 1. The molecule has 10 heteroatoms. The third-order valence-electron chi connectivity index (χ3n) is 8.31. The smallest absolute Gasteiger partial charge is 0.343 e. The van der Waals surface area contributed by atoms with E-state index >= 15 is 0 Å². The number of ketones is 1. The molecule has 0 aliphatic rings. The van der Waals surface area contributed by atoms with Crippen LogP contribution in [0.4, 0.5) is 5.69 Å². The van der Waals surface area contributed by atoms with E-state index in [1.807, 2.05) is 30.3 Å². The largest absolute Gasteiger partial charge is 0.494 e. The minimum Gasteiger partial charge on any atom is -0.494 e. The number of unbranched alkanes of at least 4 members (excludes halogenated alkanes) is 4. The van der Waals surface area contributed by atoms with Gasteiger partial charge in [-0.3, -0.25) is 14.4 Å². The van der Waals surface area contributed by atoms with Crippen molar-refractivity contribution in [2.75, 3.05) is 19.0 Å². The highest BCUT2D eigenvalue weighted by molar-refractivity contribution is 7.20. The molecule has 51 heavy (non-hydrogen) atoms. The lowest BCUT2D eigenvalue weighted by molar-refractivity contribution is -0.118. The van der Waals surface area contributed by atoms with Crippen molar-refractivity contribution >= 4 is 50.7 Å². The Kier molecular flexibility index (Phi) is 13.0. The normalized spacial score (nSPS) is 11.4. The molecular weight excluding hydrogens is 665 g/mol. The van der Waals surface area contributed by atoms with E-state index in [-0.39, 0.29) is 29.4 Å². The maximum absolute atomic E-state index is 13.3. The van der Waals surface area contributed by atoms with Gasteiger partial charge < -0.3 is 24.8 Å². The zero-order valence-corrected chi connectivity index (χ0v) is 29.8. The van der Waals surface area contributed by atoms with Gasteiger partial charge in [0, 0.05) is 16.0 Å². The van der Waals surface area contributed by atoms with E-state index in [0.717, 1.165) is 22.9 Å². The van der Waals surface area contributed by atoms with Crippen LogP contribution < -0.4 is 24.8 Å². The van der Waals surface area contributed by atoms with Crippen LogP contribution in [-0.2, 0) is 11.2 Å². The first-order valence-electron chi connectivity index (χ1n) is 17.1. The summed E-state index contributed by atoms with van der Waals surface area (Å²) in [5, 5.41) is 6.65. The number of carbonyl (C=O) groups is 4. The number of rotatable bonds is 17. The third-order valence-corrected chi connectivity index (χ3v) is 9.42. The standard InChI is InChI=1S/C41H42N2O7S/c1-4-5-6-7-10-22-49-33-19-17-29(18-20-33)41(47)50-35-21-16-28(24-36(35)48-3)23-34(27(2)44)43-39(45)31-13-11-14-32(25-31)42-40(46)38-26-30-12-8-9-15-37(30)51-38/h8-9,11-21,24-26,34H,4-7,10,22-23H2,1-3H3,(H,42,46)(H,43,45). The topological polar surface area (TPSA) is 120 Å². The number of methoxy groups -OCH3 is 1. The van der Waals surface area contributed by atoms with Crippen LogP contribution in [-0.4, -0.2) is 43.3 Å². The summed E-state index contributed by atoms with van der Waals surface area (Å²) in [5.41, 5.74) is 1.79. The van der Waals surface area contributed by atoms with E-state index < -0.39 is 17.9 Å². The van der Waals surface area contributed by atoms with Crippen LogP contribution in [0.2, 0.25) is 0 Å². The predicted molar refractivity (Wildman–Crippen MR) is 201 cm³/mol. The van der Waals surface area contributed by atoms with Gasteiger partial charge in [0.25, 0.3) is 11.8 Å². The Bertz CT molecular complexity index is 1950. The quantitative estimate of drug-likeness (QED) is 0.0564. The van der Waals surface area contributed by atoms with Crippen molar-refractivity contribution in [1.29, 1.82) is 0 Å². The number of fused-ring (bicyclic) bond motifs is 1. The Hall–Kier alpha value is -5.48. The number of amides is 2. The molecule has 0 bridgehead atoms. The predicted octanol–water partition coefficient (Wildman–Crippen LogP) is 8.66. The first kappa shape index (κ1) is 36.8. The Balaban J connectivity index is 1.17. The minimum atomic E-state index is -0.843. The Morgan fingerprint density at radius 3 is 2.29 bits per heavy atom. The van der Waals surface area contributed by atoms with Crippen molar-refractivity contribution in [3.05, 3.63) is 119 Å². The van der Waals surface area contributed by atoms with E-state index in [2.05, 4.69) is 17.6 Å². The van der Waals surface area contributed by atoms with Gasteiger partial charge >= 0.3 is 5.97 Å². The Morgan fingerprint density at radius 2 is 1.55 bits per heavy atom. The first-order valence-corrected chi connectivity index (χ1v) is 17.9. The molecule has 0 fully saturated rings. The van der Waals surface area contributed by atoms with Gasteiger partial charge in [0.05, 0.1) is 30.2 Å². The fourth-order valence-corrected chi connectivity index (χ4v) is 6.42. The number of ether oxygens (including phenoxy) is 3. The van der Waals surface area contributed by atoms with E-state index in [1.165, 1.54) is 44.6 Å². The molecule has 0 radical (unpaired) electrons. The lowest BCUT2D eigenvalue weighted by atomic mass is 10.0. The van der Waals surface area contributed by atoms with E-state index in [4.69, 9.17) is 14.2 Å². The van der Waals surface area contributed by atoms with Gasteiger partial charge in [-0.25, -0.2) is 4.79 Å². The van der Waals surface area contributed by atoms with Crippen LogP contribution in [0.15, 0.2) is 97.1 Å². The molecule has 1 heterocycles. The molecule has 5 aromatic rings. The van der Waals surface area contributed by atoms with Crippen molar-refractivity contribution in [1.82, 2.24) is 5.32 Å². The second-order valence-electron chi connectivity index (χ2n) is 12.2. The fraction of sp³-hybridized carbons (Fsp3) is 0.268. The summed E-state index contributed by atoms with van der Waals surface area (Å²) in [5.74, 6) is -0.312. The van der Waals surface area contributed by atoms with Crippen LogP contribution in [0, 0.1) is 0 Å². The van der Waals surface area contributed by atoms with Crippen LogP contribution in [0.1, 0.15) is 81.9 Å². The minimum absolute atomic E-state index is 0.175. The molecule has 1 atom stereocenters. The van der Waals surface area contributed by atoms with Gasteiger partial charge in [-0.2, -0.15) is 0 Å². The number of hydrogen-bond acceptors (Lipinski definition) is 8. The highest BCUT2D eigenvalue weighted by atomic mass is 32.1. The van der Waals surface area contributed by atoms with Gasteiger partial charge in [-0.15, -0.1) is 11.3 Å². The number of hydrogen-bond donors (Lipinski definition) is 2. The van der Waals surface area contributed by atoms with Gasteiger partial charge in [0.15, 0.2) is 17.3 Å². The van der Waals surface area contributed by atoms with E-state index in [9.17, 15) is 19.2 Å². The van der Waals surface area contributed by atoms with E-state index in [0.29, 0.717) is 39.8 Å². The van der Waals surface area contributed by atoms with E-state index in [1.54, 1.807) is 66.7 Å². The number of anilines is 1. The zero-order chi connectivity index (χ0) is 36.2. The zero-order valence-electron chi connectivity index (χ0n) is 29.0. The molecule has 0 saturated heterocycles. The van der Waals surface area contributed by atoms with Gasteiger partial charge in [-0.05, 0) is 97.4 Å². The molecule has 2 N–H and O–H groups in total. The van der Waals surface area contributed by atoms with Crippen molar-refractivity contribution in [3.63, 3.8) is 0 Å². The summed E-state index contributed by atoms with van der Waals surface area (Å²) in [6.45, 7) is 4.22. The lowest BCUT2D eigenvalue weighted by Crippen LogP contribution is -2.41. The molecule has 0 spiro atoms. The van der Waals surface area contributed by atoms with Gasteiger partial charge in [-0.1, -0.05) is 62.9 Å². The summed E-state index contributed by atoms with van der Waals surface area (Å²) in [7, 11) is 1.46. The van der Waals surface area contributed by atoms with Crippen LogP contribution >= 0.6 is 11.3 Å². The maximum Gasteiger partial charge on any atom is 0.343 e. The number of carbonyl (C=O) groups excluding carboxylic acids is 4. The summed E-state index contributed by atoms with van der Waals surface area (Å²) < 4.78 is 17.9. The molecule has 264 valence electrons. The molecule has 1 aromatic heterocycles. The van der Waals surface area contributed by atoms with Crippen LogP contribution in [0.5, 0.6) is 17.2 Å². The average Bonchev–Trinajstić information content (AvgIpc) is 3.58. The average molecular weight is 707 g/mol. The monoisotopic (exact) mass is 706 g/mol. The summed E-state index contributed by atoms with van der Waals surface area (Å²) in [6, 6.07) is 27.1. The maximum atomic E-state index is 13.3. The number of benzene rings is 4. The molecule has 4 aromatic carbocycles. The molecule has 0 aliphatic heterocycles. The lowest BCUT2D eigenvalue weighted by Gasteiger charge is -2.18. The molecule has 1 unspecified atom stereocenters. The van der Waals surface area contributed by atoms with Crippen LogP contribution in [0.25, 0.3) is 10.1 Å². The third kappa shape index (κ3) is 10.3. The van der Waals surface area contributed by atoms with Crippen molar-refractivity contribution in [3.8, 4) is 17.2 Å². The summed E-state index contributed by atoms with van der Waals surface area (Å²) >= 11 is 1.39. The van der Waals surface area contributed by atoms with Crippen molar-refractivity contribution in [2.24, 2.45) is 0 Å². The Labute approximate surface area is 301 Å². The van der Waals surface area contributed by atoms with Crippen LogP contribution in [0.3, 0.4) is 0 Å². The van der Waals surface area contributed by atoms with Crippen molar-refractivity contribution in [2.45, 2.75) is 58.4 Å².